The third-order valence-corrected chi connectivity index (χ3v) is 5.59. The second kappa shape index (κ2) is 5.93. The average molecular weight is 416 g/mol. The molecule has 4 aromatic rings. The molecule has 0 saturated heterocycles. The Labute approximate surface area is 164 Å². The lowest BCUT2D eigenvalue weighted by molar-refractivity contribution is 0.786. The van der Waals surface area contributed by atoms with Crippen LogP contribution in [0.3, 0.4) is 0 Å². The van der Waals surface area contributed by atoms with E-state index in [1.54, 1.807) is 6.33 Å². The maximum Gasteiger partial charge on any atom is 0.185 e. The van der Waals surface area contributed by atoms with Crippen molar-refractivity contribution in [1.82, 2.24) is 19.3 Å². The van der Waals surface area contributed by atoms with Crippen molar-refractivity contribution >= 4 is 15.9 Å². The molecule has 0 unspecified atom stereocenters. The molecule has 5 nitrogen and oxygen atoms in total. The van der Waals surface area contributed by atoms with Crippen LogP contribution in [0.15, 0.2) is 59.3 Å². The van der Waals surface area contributed by atoms with Gasteiger partial charge in [-0.2, -0.15) is 5.26 Å². The Kier molecular flexibility index (Phi) is 3.52. The second-order valence-corrected chi connectivity index (χ2v) is 7.52. The normalized spacial score (nSPS) is 11.9. The summed E-state index contributed by atoms with van der Waals surface area (Å²) in [5.74, 6) is 0.832. The molecule has 0 amide bonds. The van der Waals surface area contributed by atoms with Crippen LogP contribution >= 0.6 is 15.9 Å². The molecule has 0 saturated carbocycles. The zero-order valence-electron chi connectivity index (χ0n) is 14.5. The SMILES string of the molecule is Cc1c(-c2ccc(C#N)cc2)cc2n1Cc1cc(Br)ccc1-n1cnnc1-2. The highest BCUT2D eigenvalue weighted by Gasteiger charge is 2.24. The van der Waals surface area contributed by atoms with Gasteiger partial charge >= 0.3 is 0 Å². The van der Waals surface area contributed by atoms with Crippen molar-refractivity contribution in [3.05, 3.63) is 76.2 Å². The molecule has 0 fully saturated rings. The van der Waals surface area contributed by atoms with Crippen LogP contribution in [0.5, 0.6) is 0 Å². The van der Waals surface area contributed by atoms with Crippen LogP contribution in [-0.2, 0) is 6.54 Å². The van der Waals surface area contributed by atoms with Gasteiger partial charge in [0, 0.05) is 15.7 Å². The molecule has 1 aliphatic rings. The molecule has 27 heavy (non-hydrogen) atoms. The zero-order valence-corrected chi connectivity index (χ0v) is 16.1. The first-order valence-corrected chi connectivity index (χ1v) is 9.35. The first-order chi connectivity index (χ1) is 13.2. The van der Waals surface area contributed by atoms with Gasteiger partial charge < -0.3 is 4.57 Å². The summed E-state index contributed by atoms with van der Waals surface area (Å²) in [6, 6.07) is 18.3. The highest BCUT2D eigenvalue weighted by molar-refractivity contribution is 9.10. The van der Waals surface area contributed by atoms with Crippen LogP contribution in [0, 0.1) is 18.3 Å². The summed E-state index contributed by atoms with van der Waals surface area (Å²) < 4.78 is 5.38. The molecule has 6 heteroatoms. The summed E-state index contributed by atoms with van der Waals surface area (Å²) in [5.41, 5.74) is 7.40. The Morgan fingerprint density at radius 2 is 1.93 bits per heavy atom. The summed E-state index contributed by atoms with van der Waals surface area (Å²) in [6.07, 6.45) is 1.77. The van der Waals surface area contributed by atoms with Crippen molar-refractivity contribution in [2.75, 3.05) is 0 Å². The van der Waals surface area contributed by atoms with E-state index in [4.69, 9.17) is 5.26 Å². The molecule has 0 bridgehead atoms. The number of nitriles is 1. The second-order valence-electron chi connectivity index (χ2n) is 6.60. The molecule has 0 aliphatic carbocycles. The van der Waals surface area contributed by atoms with Crippen molar-refractivity contribution in [1.29, 1.82) is 5.26 Å². The summed E-state index contributed by atoms with van der Waals surface area (Å²) >= 11 is 3.58. The smallest absolute Gasteiger partial charge is 0.185 e. The molecule has 2 aromatic heterocycles. The van der Waals surface area contributed by atoms with E-state index in [1.165, 1.54) is 5.56 Å². The van der Waals surface area contributed by atoms with E-state index in [9.17, 15) is 0 Å². The molecule has 0 atom stereocenters. The predicted molar refractivity (Wildman–Crippen MR) is 106 cm³/mol. The number of fused-ring (bicyclic) bond motifs is 5. The minimum atomic E-state index is 0.663. The third-order valence-electron chi connectivity index (χ3n) is 5.10. The summed E-state index contributed by atoms with van der Waals surface area (Å²) in [5, 5.41) is 17.6. The molecule has 5 rings (SSSR count). The fourth-order valence-corrected chi connectivity index (χ4v) is 4.13. The van der Waals surface area contributed by atoms with Crippen molar-refractivity contribution in [2.45, 2.75) is 13.5 Å². The zero-order chi connectivity index (χ0) is 18.5. The van der Waals surface area contributed by atoms with Gasteiger partial charge in [0.15, 0.2) is 5.82 Å². The van der Waals surface area contributed by atoms with Crippen molar-refractivity contribution in [3.8, 4) is 34.4 Å². The number of hydrogen-bond donors (Lipinski definition) is 0. The van der Waals surface area contributed by atoms with Gasteiger partial charge in [-0.05, 0) is 54.4 Å². The first kappa shape index (κ1) is 16.0. The average Bonchev–Trinajstić information content (AvgIpc) is 3.25. The first-order valence-electron chi connectivity index (χ1n) is 8.55. The van der Waals surface area contributed by atoms with Crippen molar-refractivity contribution in [2.24, 2.45) is 0 Å². The lowest BCUT2D eigenvalue weighted by Crippen LogP contribution is -2.03. The van der Waals surface area contributed by atoms with E-state index in [0.717, 1.165) is 45.0 Å². The Hall–Kier alpha value is -3.17. The Morgan fingerprint density at radius 3 is 2.70 bits per heavy atom. The van der Waals surface area contributed by atoms with Crippen molar-refractivity contribution in [3.63, 3.8) is 0 Å². The standard InChI is InChI=1S/C21H14BrN5/c1-13-18(15-4-2-14(10-23)3-5-15)9-20-21-25-24-12-27(21)19-7-6-17(22)8-16(19)11-26(13)20/h2-9,12H,11H2,1H3. The quantitative estimate of drug-likeness (QED) is 0.398. The number of halogens is 1. The van der Waals surface area contributed by atoms with Gasteiger partial charge in [-0.1, -0.05) is 28.1 Å². The van der Waals surface area contributed by atoms with Crippen LogP contribution < -0.4 is 0 Å². The molecule has 0 radical (unpaired) electrons. The molecule has 0 spiro atoms. The van der Waals surface area contributed by atoms with Crippen LogP contribution in [-0.4, -0.2) is 19.3 Å². The molecule has 1 aliphatic heterocycles. The highest BCUT2D eigenvalue weighted by atomic mass is 79.9. The van der Waals surface area contributed by atoms with E-state index in [0.29, 0.717) is 5.56 Å². The number of hydrogen-bond acceptors (Lipinski definition) is 3. The maximum atomic E-state index is 9.04. The topological polar surface area (TPSA) is 59.4 Å². The van der Waals surface area contributed by atoms with Gasteiger partial charge in [-0.25, -0.2) is 0 Å². The lowest BCUT2D eigenvalue weighted by atomic mass is 10.0. The number of nitrogens with zero attached hydrogens (tertiary/aromatic N) is 5. The van der Waals surface area contributed by atoms with Crippen LogP contribution in [0.1, 0.15) is 16.8 Å². The molecule has 2 aromatic carbocycles. The van der Waals surface area contributed by atoms with Gasteiger partial charge in [0.2, 0.25) is 0 Å². The van der Waals surface area contributed by atoms with E-state index in [-0.39, 0.29) is 0 Å². The Bertz CT molecular complexity index is 1220. The molecular formula is C21H14BrN5. The van der Waals surface area contributed by atoms with Gasteiger partial charge in [0.1, 0.15) is 6.33 Å². The summed E-state index contributed by atoms with van der Waals surface area (Å²) in [7, 11) is 0. The van der Waals surface area contributed by atoms with Gasteiger partial charge in [0.05, 0.1) is 29.6 Å². The number of aromatic nitrogens is 4. The molecule has 130 valence electrons. The van der Waals surface area contributed by atoms with E-state index in [1.807, 2.05) is 34.9 Å². The third kappa shape index (κ3) is 2.43. The molecular weight excluding hydrogens is 402 g/mol. The van der Waals surface area contributed by atoms with Gasteiger partial charge in [0.25, 0.3) is 0 Å². The van der Waals surface area contributed by atoms with Gasteiger partial charge in [-0.3, -0.25) is 4.57 Å². The minimum Gasteiger partial charge on any atom is -0.337 e. The largest absolute Gasteiger partial charge is 0.337 e. The van der Waals surface area contributed by atoms with Crippen molar-refractivity contribution < 1.29 is 0 Å². The fraction of sp³-hybridized carbons (Fsp3) is 0.0952. The van der Waals surface area contributed by atoms with Crippen LogP contribution in [0.25, 0.3) is 28.3 Å². The van der Waals surface area contributed by atoms with E-state index < -0.39 is 0 Å². The van der Waals surface area contributed by atoms with Crippen LogP contribution in [0.4, 0.5) is 0 Å². The van der Waals surface area contributed by atoms with E-state index in [2.05, 4.69) is 61.9 Å². The predicted octanol–water partition coefficient (Wildman–Crippen LogP) is 4.71. The lowest BCUT2D eigenvalue weighted by Gasteiger charge is -2.11. The minimum absolute atomic E-state index is 0.663. The summed E-state index contributed by atoms with van der Waals surface area (Å²) in [6.45, 7) is 2.89. The Morgan fingerprint density at radius 1 is 1.11 bits per heavy atom. The maximum absolute atomic E-state index is 9.04. The monoisotopic (exact) mass is 415 g/mol. The fourth-order valence-electron chi connectivity index (χ4n) is 3.72. The summed E-state index contributed by atoms with van der Waals surface area (Å²) in [4.78, 5) is 0. The van der Waals surface area contributed by atoms with Crippen LogP contribution in [0.2, 0.25) is 0 Å². The Balaban J connectivity index is 1.74. The van der Waals surface area contributed by atoms with Gasteiger partial charge in [-0.15, -0.1) is 10.2 Å². The highest BCUT2D eigenvalue weighted by Crippen LogP contribution is 2.36. The molecule has 0 N–H and O–H groups in total. The van der Waals surface area contributed by atoms with E-state index >= 15 is 0 Å². The number of benzene rings is 2. The molecule has 3 heterocycles. The number of rotatable bonds is 1.